The number of hydrogen-bond acceptors (Lipinski definition) is 6. The standard InChI is InChI=1S/C22H19BrO6/c1-13-17-8-7-16(27-2)11-20(17)29-22(26)18(13)9-10-21(25)28-12-19(24)14-3-5-15(23)6-4-14/h3-8,11H,9-10,12H2,1-2H3. The maximum absolute atomic E-state index is 12.3. The molecule has 3 aromatic rings. The lowest BCUT2D eigenvalue weighted by Crippen LogP contribution is -2.17. The van der Waals surface area contributed by atoms with E-state index in [1.54, 1.807) is 36.4 Å². The molecule has 0 aliphatic carbocycles. The molecular weight excluding hydrogens is 440 g/mol. The zero-order chi connectivity index (χ0) is 21.0. The molecule has 7 heteroatoms. The van der Waals surface area contributed by atoms with Gasteiger partial charge in [0.05, 0.1) is 7.11 Å². The number of benzene rings is 2. The fourth-order valence-electron chi connectivity index (χ4n) is 2.95. The van der Waals surface area contributed by atoms with Crippen molar-refractivity contribution in [3.63, 3.8) is 0 Å². The van der Waals surface area contributed by atoms with Crippen LogP contribution in [0.1, 0.15) is 27.9 Å². The maximum Gasteiger partial charge on any atom is 0.339 e. The van der Waals surface area contributed by atoms with Gasteiger partial charge in [0, 0.05) is 33.5 Å². The summed E-state index contributed by atoms with van der Waals surface area (Å²) in [5.41, 5.74) is 1.55. The SMILES string of the molecule is COc1ccc2c(C)c(CCC(=O)OCC(=O)c3ccc(Br)cc3)c(=O)oc2c1. The van der Waals surface area contributed by atoms with Crippen LogP contribution in [-0.4, -0.2) is 25.5 Å². The summed E-state index contributed by atoms with van der Waals surface area (Å²) in [6, 6.07) is 12.0. The summed E-state index contributed by atoms with van der Waals surface area (Å²) in [6.45, 7) is 1.47. The van der Waals surface area contributed by atoms with Crippen molar-refractivity contribution in [3.8, 4) is 5.75 Å². The average Bonchev–Trinajstić information content (AvgIpc) is 2.71. The second-order valence-corrected chi connectivity index (χ2v) is 7.36. The molecule has 3 rings (SSSR count). The van der Waals surface area contributed by atoms with Gasteiger partial charge in [0.2, 0.25) is 0 Å². The van der Waals surface area contributed by atoms with Crippen LogP contribution in [-0.2, 0) is 16.0 Å². The van der Waals surface area contributed by atoms with Crippen LogP contribution in [0.4, 0.5) is 0 Å². The quantitative estimate of drug-likeness (QED) is 0.299. The first-order chi connectivity index (χ1) is 13.9. The van der Waals surface area contributed by atoms with E-state index in [9.17, 15) is 14.4 Å². The molecule has 29 heavy (non-hydrogen) atoms. The molecule has 0 saturated carbocycles. The summed E-state index contributed by atoms with van der Waals surface area (Å²) >= 11 is 3.30. The molecule has 1 aromatic heterocycles. The Balaban J connectivity index is 1.64. The number of Topliss-reactive ketones (excluding diaryl/α,β-unsaturated/α-hetero) is 1. The predicted octanol–water partition coefficient (Wildman–Crippen LogP) is 4.23. The molecule has 0 saturated heterocycles. The van der Waals surface area contributed by atoms with E-state index in [-0.39, 0.29) is 25.2 Å². The van der Waals surface area contributed by atoms with Crippen LogP contribution in [0.2, 0.25) is 0 Å². The molecule has 2 aromatic carbocycles. The third-order valence-corrected chi connectivity index (χ3v) is 5.13. The van der Waals surface area contributed by atoms with E-state index < -0.39 is 11.6 Å². The van der Waals surface area contributed by atoms with Crippen molar-refractivity contribution in [2.45, 2.75) is 19.8 Å². The third kappa shape index (κ3) is 4.92. The number of esters is 1. The Morgan fingerprint density at radius 2 is 1.83 bits per heavy atom. The number of ether oxygens (including phenoxy) is 2. The molecule has 0 spiro atoms. The van der Waals surface area contributed by atoms with Gasteiger partial charge in [0.25, 0.3) is 0 Å². The lowest BCUT2D eigenvalue weighted by Gasteiger charge is -2.09. The molecule has 0 aliphatic heterocycles. The van der Waals surface area contributed by atoms with Crippen molar-refractivity contribution in [3.05, 3.63) is 74.0 Å². The van der Waals surface area contributed by atoms with Crippen LogP contribution in [0.15, 0.2) is 56.1 Å². The van der Waals surface area contributed by atoms with Crippen LogP contribution in [0.3, 0.4) is 0 Å². The highest BCUT2D eigenvalue weighted by Gasteiger charge is 2.15. The van der Waals surface area contributed by atoms with Crippen LogP contribution in [0, 0.1) is 6.92 Å². The normalized spacial score (nSPS) is 10.7. The molecule has 0 bridgehead atoms. The summed E-state index contributed by atoms with van der Waals surface area (Å²) in [6.07, 6.45) is 0.141. The smallest absolute Gasteiger partial charge is 0.339 e. The minimum absolute atomic E-state index is 0.0269. The summed E-state index contributed by atoms with van der Waals surface area (Å²) in [7, 11) is 1.54. The van der Waals surface area contributed by atoms with E-state index >= 15 is 0 Å². The molecule has 0 unspecified atom stereocenters. The second kappa shape index (κ2) is 9.05. The van der Waals surface area contributed by atoms with E-state index in [2.05, 4.69) is 15.9 Å². The Morgan fingerprint density at radius 1 is 1.10 bits per heavy atom. The van der Waals surface area contributed by atoms with Crippen molar-refractivity contribution < 1.29 is 23.5 Å². The van der Waals surface area contributed by atoms with Crippen LogP contribution in [0.25, 0.3) is 11.0 Å². The number of hydrogen-bond donors (Lipinski definition) is 0. The Kier molecular flexibility index (Phi) is 6.49. The van der Waals surface area contributed by atoms with E-state index in [1.165, 1.54) is 7.11 Å². The van der Waals surface area contributed by atoms with Gasteiger partial charge in [-0.3, -0.25) is 9.59 Å². The molecule has 0 N–H and O–H groups in total. The first-order valence-corrected chi connectivity index (χ1v) is 9.73. The van der Waals surface area contributed by atoms with E-state index in [0.717, 1.165) is 15.4 Å². The zero-order valence-electron chi connectivity index (χ0n) is 16.0. The van der Waals surface area contributed by atoms with Gasteiger partial charge in [0.15, 0.2) is 12.4 Å². The van der Waals surface area contributed by atoms with Gasteiger partial charge in [0.1, 0.15) is 11.3 Å². The van der Waals surface area contributed by atoms with Gasteiger partial charge in [-0.2, -0.15) is 0 Å². The number of methoxy groups -OCH3 is 1. The van der Waals surface area contributed by atoms with Gasteiger partial charge in [-0.05, 0) is 43.2 Å². The highest BCUT2D eigenvalue weighted by molar-refractivity contribution is 9.10. The van der Waals surface area contributed by atoms with Crippen LogP contribution >= 0.6 is 15.9 Å². The van der Waals surface area contributed by atoms with E-state index in [0.29, 0.717) is 22.5 Å². The van der Waals surface area contributed by atoms with E-state index in [4.69, 9.17) is 13.9 Å². The van der Waals surface area contributed by atoms with Gasteiger partial charge in [-0.25, -0.2) is 4.79 Å². The first kappa shape index (κ1) is 20.8. The fourth-order valence-corrected chi connectivity index (χ4v) is 3.22. The molecule has 6 nitrogen and oxygen atoms in total. The molecule has 1 heterocycles. The minimum atomic E-state index is -0.552. The van der Waals surface area contributed by atoms with Crippen molar-refractivity contribution in [1.82, 2.24) is 0 Å². The fraction of sp³-hybridized carbons (Fsp3) is 0.227. The Hall–Kier alpha value is -2.93. The minimum Gasteiger partial charge on any atom is -0.497 e. The lowest BCUT2D eigenvalue weighted by molar-refractivity contribution is -0.142. The Morgan fingerprint density at radius 3 is 2.52 bits per heavy atom. The lowest BCUT2D eigenvalue weighted by atomic mass is 10.0. The summed E-state index contributed by atoms with van der Waals surface area (Å²) in [5, 5.41) is 0.777. The number of carbonyl (C=O) groups is 2. The molecular formula is C22H19BrO6. The number of carbonyl (C=O) groups excluding carboxylic acids is 2. The van der Waals surface area contributed by atoms with Crippen LogP contribution in [0.5, 0.6) is 5.75 Å². The second-order valence-electron chi connectivity index (χ2n) is 6.45. The van der Waals surface area contributed by atoms with Crippen molar-refractivity contribution in [2.75, 3.05) is 13.7 Å². The Bertz CT molecular complexity index is 1110. The van der Waals surface area contributed by atoms with Gasteiger partial charge in [-0.15, -0.1) is 0 Å². The van der Waals surface area contributed by atoms with Crippen LogP contribution < -0.4 is 10.4 Å². The highest BCUT2D eigenvalue weighted by Crippen LogP contribution is 2.24. The number of rotatable bonds is 7. The largest absolute Gasteiger partial charge is 0.497 e. The topological polar surface area (TPSA) is 82.8 Å². The van der Waals surface area contributed by atoms with Gasteiger partial charge >= 0.3 is 11.6 Å². The van der Waals surface area contributed by atoms with Crippen molar-refractivity contribution in [2.24, 2.45) is 0 Å². The molecule has 0 fully saturated rings. The number of ketones is 1. The molecule has 0 aliphatic rings. The number of aryl methyl sites for hydroxylation is 1. The van der Waals surface area contributed by atoms with Gasteiger partial charge in [-0.1, -0.05) is 28.1 Å². The monoisotopic (exact) mass is 458 g/mol. The molecule has 150 valence electrons. The zero-order valence-corrected chi connectivity index (χ0v) is 17.6. The number of fused-ring (bicyclic) bond motifs is 1. The molecule has 0 amide bonds. The van der Waals surface area contributed by atoms with Gasteiger partial charge < -0.3 is 13.9 Å². The third-order valence-electron chi connectivity index (χ3n) is 4.60. The van der Waals surface area contributed by atoms with Crippen molar-refractivity contribution in [1.29, 1.82) is 0 Å². The summed E-state index contributed by atoms with van der Waals surface area (Å²) < 4.78 is 16.4. The number of halogens is 1. The maximum atomic E-state index is 12.3. The van der Waals surface area contributed by atoms with E-state index in [1.807, 2.05) is 13.0 Å². The average molecular weight is 459 g/mol. The first-order valence-electron chi connectivity index (χ1n) is 8.93. The molecule has 0 atom stereocenters. The Labute approximate surface area is 175 Å². The molecule has 0 radical (unpaired) electrons. The van der Waals surface area contributed by atoms with Crippen molar-refractivity contribution >= 4 is 38.7 Å². The predicted molar refractivity (Wildman–Crippen MR) is 112 cm³/mol. The summed E-state index contributed by atoms with van der Waals surface area (Å²) in [5.74, 6) is -0.253. The highest BCUT2D eigenvalue weighted by atomic mass is 79.9. The summed E-state index contributed by atoms with van der Waals surface area (Å²) in [4.78, 5) is 36.4.